The highest BCUT2D eigenvalue weighted by Gasteiger charge is 2.48. The number of hydrogen-bond donors (Lipinski definition) is 4. The van der Waals surface area contributed by atoms with Crippen LogP contribution in [0.15, 0.2) is 79.4 Å². The van der Waals surface area contributed by atoms with Crippen LogP contribution in [0.5, 0.6) is 11.5 Å². The van der Waals surface area contributed by atoms with Crippen LogP contribution in [0, 0.1) is 5.92 Å². The Labute approximate surface area is 440 Å². The summed E-state index contributed by atoms with van der Waals surface area (Å²) >= 11 is 0. The van der Waals surface area contributed by atoms with Crippen LogP contribution < -0.4 is 30.4 Å². The summed E-state index contributed by atoms with van der Waals surface area (Å²) in [6.07, 6.45) is -0.541. The Morgan fingerprint density at radius 3 is 1.96 bits per heavy atom. The predicted octanol–water partition coefficient (Wildman–Crippen LogP) is 10.8. The fourth-order valence-corrected chi connectivity index (χ4v) is 15.2. The topological polar surface area (TPSA) is 209 Å². The zero-order valence-electron chi connectivity index (χ0n) is 46.1. The zero-order valence-corrected chi connectivity index (χ0v) is 48.1. The molecule has 1 aliphatic heterocycles. The molecule has 74 heavy (non-hydrogen) atoms. The summed E-state index contributed by atoms with van der Waals surface area (Å²) in [6, 6.07) is 16.1. The first-order valence-corrected chi connectivity index (χ1v) is 30.5. The number of esters is 1. The molecule has 406 valence electrons. The lowest BCUT2D eigenvalue weighted by Gasteiger charge is -2.42. The number of likely N-dealkylation sites (tertiary alicyclic amines) is 1. The van der Waals surface area contributed by atoms with Gasteiger partial charge in [0.25, 0.3) is 14.2 Å². The highest BCUT2D eigenvalue weighted by molar-refractivity contribution is 6.78. The molecule has 3 aromatic carbocycles. The number of methoxy groups -OCH3 is 1. The molecule has 1 saturated heterocycles. The van der Waals surface area contributed by atoms with Crippen molar-refractivity contribution in [1.29, 1.82) is 0 Å². The molecule has 0 spiro atoms. The van der Waals surface area contributed by atoms with E-state index >= 15 is 4.79 Å². The standard InChI is InChI=1S/C55H81N5O12Si2/c1-17-27-68-54(66)59-48(34(2)3)50(62)56-38(10)49(61)57-41-25-23-39(24-26-41)32-69-53(65)58-45-30-47(72-74(35(4)5,36(6)7)37(8)9)46(67-14)29-44(45)51(63)60-31-43(71-52(64)40-21-19-18-20-22-40)28-42(60)33-70-73(15,16)55(11,12)13/h17-26,29-30,34-38,42-43,48H,1,27-28,31-33H2,2-16H3,(H,56,62)(H,57,61)(H,58,65)(H,59,66)/t38?,42-,43-,48?/m0/s1. The highest BCUT2D eigenvalue weighted by Crippen LogP contribution is 2.46. The summed E-state index contributed by atoms with van der Waals surface area (Å²) in [5.41, 5.74) is 2.20. The number of anilines is 2. The van der Waals surface area contributed by atoms with Crippen LogP contribution in [0.4, 0.5) is 21.0 Å². The van der Waals surface area contributed by atoms with E-state index in [1.165, 1.54) is 20.1 Å². The molecule has 4 atom stereocenters. The van der Waals surface area contributed by atoms with Gasteiger partial charge in [0.05, 0.1) is 43.1 Å². The van der Waals surface area contributed by atoms with E-state index in [1.807, 2.05) is 6.07 Å². The van der Waals surface area contributed by atoms with E-state index in [4.69, 9.17) is 27.8 Å². The number of carbonyl (C=O) groups excluding carboxylic acids is 6. The van der Waals surface area contributed by atoms with Crippen LogP contribution in [-0.4, -0.2) is 109 Å². The second kappa shape index (κ2) is 26.3. The molecular formula is C55H81N5O12Si2. The Kier molecular flexibility index (Phi) is 21.5. The number of ether oxygens (including phenoxy) is 4. The first kappa shape index (κ1) is 60.4. The number of amides is 5. The second-order valence-corrected chi connectivity index (χ2v) is 31.8. The van der Waals surface area contributed by atoms with Crippen molar-refractivity contribution in [2.75, 3.05) is 37.5 Å². The highest BCUT2D eigenvalue weighted by atomic mass is 28.4. The first-order valence-electron chi connectivity index (χ1n) is 25.5. The smallest absolute Gasteiger partial charge is 0.411 e. The van der Waals surface area contributed by atoms with Gasteiger partial charge in [-0.3, -0.25) is 19.7 Å². The largest absolute Gasteiger partial charge is 0.540 e. The number of nitrogens with one attached hydrogen (secondary N) is 4. The van der Waals surface area contributed by atoms with Crippen molar-refractivity contribution in [1.82, 2.24) is 15.5 Å². The lowest BCUT2D eigenvalue weighted by atomic mass is 10.0. The SMILES string of the molecule is C=CCOC(=O)NC(C(=O)NC(C)C(=O)Nc1ccc(COC(=O)Nc2cc(O[Si](C(C)C)(C(C)C)C(C)C)c(OC)cc2C(=O)N2C[C@@H](OC(=O)c3ccccc3)C[C@H]2CO[Si](C)(C)C(C)(C)C)cc1)C(C)C. The van der Waals surface area contributed by atoms with E-state index in [1.54, 1.807) is 79.4 Å². The van der Waals surface area contributed by atoms with Crippen molar-refractivity contribution in [3.63, 3.8) is 0 Å². The number of benzene rings is 3. The van der Waals surface area contributed by atoms with E-state index < -0.39 is 76.7 Å². The van der Waals surface area contributed by atoms with Gasteiger partial charge in [0.15, 0.2) is 14.1 Å². The van der Waals surface area contributed by atoms with E-state index in [0.29, 0.717) is 34.7 Å². The van der Waals surface area contributed by atoms with Crippen molar-refractivity contribution >= 4 is 63.9 Å². The van der Waals surface area contributed by atoms with Gasteiger partial charge in [-0.05, 0) is 83.5 Å². The van der Waals surface area contributed by atoms with Crippen molar-refractivity contribution < 1.29 is 56.6 Å². The van der Waals surface area contributed by atoms with E-state index in [-0.39, 0.29) is 65.2 Å². The second-order valence-electron chi connectivity index (χ2n) is 21.7. The molecule has 1 aliphatic rings. The zero-order chi connectivity index (χ0) is 55.3. The Hall–Kier alpha value is -6.19. The van der Waals surface area contributed by atoms with Gasteiger partial charge in [-0.25, -0.2) is 14.4 Å². The predicted molar refractivity (Wildman–Crippen MR) is 293 cm³/mol. The lowest BCUT2D eigenvalue weighted by Crippen LogP contribution is -2.53. The lowest BCUT2D eigenvalue weighted by molar-refractivity contribution is -0.128. The quantitative estimate of drug-likeness (QED) is 0.0303. The minimum Gasteiger partial charge on any atom is -0.540 e. The molecule has 4 N–H and O–H groups in total. The van der Waals surface area contributed by atoms with Gasteiger partial charge in [0.2, 0.25) is 11.8 Å². The van der Waals surface area contributed by atoms with Crippen LogP contribution in [0.3, 0.4) is 0 Å². The Morgan fingerprint density at radius 2 is 1.41 bits per heavy atom. The van der Waals surface area contributed by atoms with Crippen molar-refractivity contribution in [2.24, 2.45) is 5.92 Å². The molecule has 0 bridgehead atoms. The van der Waals surface area contributed by atoms with Gasteiger partial charge in [-0.15, -0.1) is 0 Å². The van der Waals surface area contributed by atoms with Gasteiger partial charge in [0.1, 0.15) is 37.2 Å². The molecule has 4 rings (SSSR count). The number of carbonyl (C=O) groups is 6. The van der Waals surface area contributed by atoms with Crippen molar-refractivity contribution in [2.45, 2.75) is 155 Å². The molecule has 0 aliphatic carbocycles. The molecule has 17 nitrogen and oxygen atoms in total. The molecule has 2 unspecified atom stereocenters. The Morgan fingerprint density at radius 1 is 0.784 bits per heavy atom. The minimum atomic E-state index is -2.61. The van der Waals surface area contributed by atoms with Crippen LogP contribution in [-0.2, 0) is 34.8 Å². The Bertz CT molecular complexity index is 2400. The van der Waals surface area contributed by atoms with Gasteiger partial charge in [-0.2, -0.15) is 0 Å². The van der Waals surface area contributed by atoms with Crippen molar-refractivity contribution in [3.05, 3.63) is 96.1 Å². The molecular weight excluding hydrogens is 979 g/mol. The number of nitrogens with zero attached hydrogens (tertiary/aromatic N) is 1. The maximum Gasteiger partial charge on any atom is 0.411 e. The molecule has 1 heterocycles. The molecule has 1 fully saturated rings. The first-order chi connectivity index (χ1) is 34.6. The third-order valence-electron chi connectivity index (χ3n) is 14.0. The minimum absolute atomic E-state index is 0.0235. The number of alkyl carbamates (subject to hydrolysis) is 1. The van der Waals surface area contributed by atoms with E-state index in [2.05, 4.69) is 103 Å². The summed E-state index contributed by atoms with van der Waals surface area (Å²) in [5.74, 6) is -1.62. The molecule has 0 saturated carbocycles. The normalized spacial score (nSPS) is 15.8. The molecule has 19 heteroatoms. The van der Waals surface area contributed by atoms with Crippen LogP contribution in [0.25, 0.3) is 0 Å². The van der Waals surface area contributed by atoms with Gasteiger partial charge in [0, 0.05) is 18.2 Å². The summed E-state index contributed by atoms with van der Waals surface area (Å²) < 4.78 is 36.5. The average molecular weight is 1060 g/mol. The fourth-order valence-electron chi connectivity index (χ4n) is 8.90. The third kappa shape index (κ3) is 15.7. The van der Waals surface area contributed by atoms with Crippen LogP contribution >= 0.6 is 0 Å². The van der Waals surface area contributed by atoms with Gasteiger partial charge >= 0.3 is 18.2 Å². The number of hydrogen-bond acceptors (Lipinski definition) is 12. The molecule has 0 aromatic heterocycles. The van der Waals surface area contributed by atoms with Crippen LogP contribution in [0.1, 0.15) is 116 Å². The third-order valence-corrected chi connectivity index (χ3v) is 24.5. The summed E-state index contributed by atoms with van der Waals surface area (Å²) in [4.78, 5) is 82.3. The van der Waals surface area contributed by atoms with Crippen LogP contribution in [0.2, 0.25) is 34.8 Å². The summed E-state index contributed by atoms with van der Waals surface area (Å²) in [5, 5.41) is 10.6. The molecule has 5 amide bonds. The number of rotatable bonds is 23. The van der Waals surface area contributed by atoms with E-state index in [0.717, 1.165) is 0 Å². The van der Waals surface area contributed by atoms with Gasteiger partial charge in [-0.1, -0.05) is 119 Å². The summed E-state index contributed by atoms with van der Waals surface area (Å²) in [6.45, 7) is 32.3. The molecule has 3 aromatic rings. The van der Waals surface area contributed by atoms with E-state index in [9.17, 15) is 24.0 Å². The maximum absolute atomic E-state index is 15.2. The monoisotopic (exact) mass is 1060 g/mol. The van der Waals surface area contributed by atoms with Gasteiger partial charge < -0.3 is 48.6 Å². The Balaban J connectivity index is 1.61. The average Bonchev–Trinajstić information content (AvgIpc) is 3.74. The maximum atomic E-state index is 15.2. The van der Waals surface area contributed by atoms with Crippen molar-refractivity contribution in [3.8, 4) is 11.5 Å². The fraction of sp³-hybridized carbons (Fsp3) is 0.527. The summed E-state index contributed by atoms with van der Waals surface area (Å²) in [7, 11) is -3.40. The molecule has 0 radical (unpaired) electrons.